The lowest BCUT2D eigenvalue weighted by Gasteiger charge is -2.41. The van der Waals surface area contributed by atoms with Crippen LogP contribution >= 0.6 is 0 Å². The van der Waals surface area contributed by atoms with Gasteiger partial charge in [0.1, 0.15) is 5.82 Å². The third-order valence-electron chi connectivity index (χ3n) is 7.17. The molecule has 2 fully saturated rings. The van der Waals surface area contributed by atoms with Crippen molar-refractivity contribution in [1.29, 1.82) is 0 Å². The Balaban J connectivity index is 1.60. The predicted molar refractivity (Wildman–Crippen MR) is 114 cm³/mol. The zero-order chi connectivity index (χ0) is 19.6. The molecule has 0 spiro atoms. The zero-order valence-electron chi connectivity index (χ0n) is 18.1. The number of hydrogen-bond donors (Lipinski definition) is 0. The van der Waals surface area contributed by atoms with Gasteiger partial charge in [-0.25, -0.2) is 4.39 Å². The van der Waals surface area contributed by atoms with Crippen LogP contribution in [-0.4, -0.2) is 37.6 Å². The van der Waals surface area contributed by atoms with Crippen LogP contribution in [0, 0.1) is 23.1 Å². The van der Waals surface area contributed by atoms with Crippen LogP contribution in [0.5, 0.6) is 0 Å². The average molecular weight is 375 g/mol. The summed E-state index contributed by atoms with van der Waals surface area (Å²) in [4.78, 5) is 4.99. The van der Waals surface area contributed by atoms with Gasteiger partial charge in [0.25, 0.3) is 0 Å². The highest BCUT2D eigenvalue weighted by molar-refractivity contribution is 5.56. The van der Waals surface area contributed by atoms with Gasteiger partial charge in [0.2, 0.25) is 0 Å². The number of hydrogen-bond acceptors (Lipinski definition) is 2. The number of rotatable bonds is 5. The first-order chi connectivity index (χ1) is 12.8. The van der Waals surface area contributed by atoms with Crippen molar-refractivity contribution in [2.24, 2.45) is 17.3 Å². The van der Waals surface area contributed by atoms with E-state index in [1.54, 1.807) is 6.07 Å². The Morgan fingerprint density at radius 2 is 1.67 bits per heavy atom. The van der Waals surface area contributed by atoms with E-state index in [1.165, 1.54) is 50.9 Å². The Kier molecular flexibility index (Phi) is 6.50. The Bertz CT molecular complexity index is 607. The largest absolute Gasteiger partial charge is 0.369 e. The topological polar surface area (TPSA) is 6.48 Å². The quantitative estimate of drug-likeness (QED) is 0.631. The molecule has 152 valence electrons. The van der Waals surface area contributed by atoms with Gasteiger partial charge in [-0.15, -0.1) is 0 Å². The summed E-state index contributed by atoms with van der Waals surface area (Å²) in [5, 5.41) is 0. The Labute approximate surface area is 166 Å². The van der Waals surface area contributed by atoms with Crippen molar-refractivity contribution in [3.8, 4) is 0 Å². The van der Waals surface area contributed by atoms with Crippen molar-refractivity contribution in [3.63, 3.8) is 0 Å². The standard InChI is InChI=1S/C24H39FN2/c1-18(2)19(3)21-7-6-8-22(25)23(21)27-13-9-20(10-14-27)17-26-15-11-24(4,5)12-16-26/h6-8,18-20H,9-17H2,1-5H3. The van der Waals surface area contributed by atoms with E-state index in [0.29, 0.717) is 17.3 Å². The Hall–Kier alpha value is -1.09. The van der Waals surface area contributed by atoms with Crippen LogP contribution < -0.4 is 4.90 Å². The van der Waals surface area contributed by atoms with Crippen molar-refractivity contribution >= 4 is 5.69 Å². The molecule has 1 aromatic rings. The normalized spacial score (nSPS) is 23.0. The van der Waals surface area contributed by atoms with Crippen molar-refractivity contribution in [2.45, 2.75) is 66.2 Å². The molecule has 0 bridgehead atoms. The third kappa shape index (κ3) is 5.04. The van der Waals surface area contributed by atoms with Gasteiger partial charge in [-0.3, -0.25) is 0 Å². The van der Waals surface area contributed by atoms with E-state index >= 15 is 0 Å². The lowest BCUT2D eigenvalue weighted by molar-refractivity contribution is 0.111. The van der Waals surface area contributed by atoms with Gasteiger partial charge >= 0.3 is 0 Å². The summed E-state index contributed by atoms with van der Waals surface area (Å²) in [5.74, 6) is 1.62. The molecular weight excluding hydrogens is 335 g/mol. The summed E-state index contributed by atoms with van der Waals surface area (Å²) in [5.41, 5.74) is 2.58. The van der Waals surface area contributed by atoms with Gasteiger partial charge in [0.05, 0.1) is 5.69 Å². The summed E-state index contributed by atoms with van der Waals surface area (Å²) in [6, 6.07) is 5.63. The molecule has 3 rings (SSSR count). The minimum absolute atomic E-state index is 0.0447. The van der Waals surface area contributed by atoms with Crippen LogP contribution in [-0.2, 0) is 0 Å². The van der Waals surface area contributed by atoms with Gasteiger partial charge in [0, 0.05) is 19.6 Å². The third-order valence-corrected chi connectivity index (χ3v) is 7.17. The molecule has 0 amide bonds. The van der Waals surface area contributed by atoms with E-state index < -0.39 is 0 Å². The molecule has 27 heavy (non-hydrogen) atoms. The number of nitrogens with zero attached hydrogens (tertiary/aromatic N) is 2. The molecule has 1 atom stereocenters. The number of likely N-dealkylation sites (tertiary alicyclic amines) is 1. The molecule has 2 saturated heterocycles. The van der Waals surface area contributed by atoms with Crippen molar-refractivity contribution in [1.82, 2.24) is 4.90 Å². The first-order valence-electron chi connectivity index (χ1n) is 11.0. The van der Waals surface area contributed by atoms with Gasteiger partial charge < -0.3 is 9.80 Å². The zero-order valence-corrected chi connectivity index (χ0v) is 18.1. The molecule has 0 saturated carbocycles. The van der Waals surface area contributed by atoms with Crippen molar-refractivity contribution in [3.05, 3.63) is 29.6 Å². The first kappa shape index (κ1) is 20.6. The molecule has 2 nitrogen and oxygen atoms in total. The van der Waals surface area contributed by atoms with Crippen LogP contribution in [0.15, 0.2) is 18.2 Å². The Morgan fingerprint density at radius 3 is 2.26 bits per heavy atom. The fourth-order valence-electron chi connectivity index (χ4n) is 4.64. The molecule has 0 N–H and O–H groups in total. The highest BCUT2D eigenvalue weighted by atomic mass is 19.1. The molecule has 2 aliphatic heterocycles. The van der Waals surface area contributed by atoms with E-state index in [2.05, 4.69) is 50.5 Å². The monoisotopic (exact) mass is 374 g/mol. The van der Waals surface area contributed by atoms with Gasteiger partial charge in [-0.2, -0.15) is 0 Å². The molecule has 3 heteroatoms. The summed E-state index contributed by atoms with van der Waals surface area (Å²) < 4.78 is 14.8. The van der Waals surface area contributed by atoms with Crippen molar-refractivity contribution in [2.75, 3.05) is 37.6 Å². The highest BCUT2D eigenvalue weighted by Crippen LogP contribution is 2.36. The van der Waals surface area contributed by atoms with Crippen molar-refractivity contribution < 1.29 is 4.39 Å². The molecular formula is C24H39FN2. The molecule has 2 aliphatic rings. The Morgan fingerprint density at radius 1 is 1.04 bits per heavy atom. The van der Waals surface area contributed by atoms with E-state index in [0.717, 1.165) is 24.7 Å². The summed E-state index contributed by atoms with van der Waals surface area (Å²) >= 11 is 0. The molecule has 1 unspecified atom stereocenters. The first-order valence-corrected chi connectivity index (χ1v) is 11.0. The smallest absolute Gasteiger partial charge is 0.146 e. The molecule has 0 radical (unpaired) electrons. The van der Waals surface area contributed by atoms with Crippen LogP contribution in [0.4, 0.5) is 10.1 Å². The molecule has 1 aromatic carbocycles. The predicted octanol–water partition coefficient (Wildman–Crippen LogP) is 5.92. The minimum atomic E-state index is -0.0447. The second-order valence-corrected chi connectivity index (χ2v) is 10.1. The molecule has 2 heterocycles. The lowest BCUT2D eigenvalue weighted by Crippen LogP contribution is -2.43. The summed E-state index contributed by atoms with van der Waals surface area (Å²) in [7, 11) is 0. The van der Waals surface area contributed by atoms with E-state index in [9.17, 15) is 4.39 Å². The van der Waals surface area contributed by atoms with E-state index in [1.807, 2.05) is 6.07 Å². The number of halogens is 1. The number of piperidine rings is 2. The number of benzene rings is 1. The molecule has 0 aliphatic carbocycles. The molecule has 0 aromatic heterocycles. The number of para-hydroxylation sites is 1. The maximum Gasteiger partial charge on any atom is 0.146 e. The van der Waals surface area contributed by atoms with Crippen LogP contribution in [0.2, 0.25) is 0 Å². The van der Waals surface area contributed by atoms with Gasteiger partial charge in [-0.1, -0.05) is 46.8 Å². The lowest BCUT2D eigenvalue weighted by atomic mass is 9.82. The number of anilines is 1. The summed E-state index contributed by atoms with van der Waals surface area (Å²) in [6.45, 7) is 17.2. The van der Waals surface area contributed by atoms with Crippen LogP contribution in [0.1, 0.15) is 71.8 Å². The van der Waals surface area contributed by atoms with Gasteiger partial charge in [0.15, 0.2) is 0 Å². The van der Waals surface area contributed by atoms with E-state index in [-0.39, 0.29) is 5.82 Å². The van der Waals surface area contributed by atoms with E-state index in [4.69, 9.17) is 0 Å². The van der Waals surface area contributed by atoms with Gasteiger partial charge in [-0.05, 0) is 73.6 Å². The average Bonchev–Trinajstić information content (AvgIpc) is 2.63. The maximum absolute atomic E-state index is 14.8. The maximum atomic E-state index is 14.8. The van der Waals surface area contributed by atoms with Crippen LogP contribution in [0.25, 0.3) is 0 Å². The fraction of sp³-hybridized carbons (Fsp3) is 0.750. The fourth-order valence-corrected chi connectivity index (χ4v) is 4.64. The van der Waals surface area contributed by atoms with Crippen LogP contribution in [0.3, 0.4) is 0 Å². The summed E-state index contributed by atoms with van der Waals surface area (Å²) in [6.07, 6.45) is 5.00. The second-order valence-electron chi connectivity index (χ2n) is 10.1. The SMILES string of the molecule is CC(C)C(C)c1cccc(F)c1N1CCC(CN2CCC(C)(C)CC2)CC1. The minimum Gasteiger partial charge on any atom is -0.369 e. The highest BCUT2D eigenvalue weighted by Gasteiger charge is 2.29. The second kappa shape index (κ2) is 8.51.